The summed E-state index contributed by atoms with van der Waals surface area (Å²) >= 11 is 6.14. The third-order valence-electron chi connectivity index (χ3n) is 3.58. The number of methoxy groups -OCH3 is 1. The van der Waals surface area contributed by atoms with E-state index in [4.69, 9.17) is 16.3 Å². The number of H-pyrrole nitrogens is 1. The number of halogens is 1. The Morgan fingerprint density at radius 2 is 2.22 bits per heavy atom. The lowest BCUT2D eigenvalue weighted by Crippen LogP contribution is -2.16. The molecule has 0 atom stereocenters. The molecule has 0 unspecified atom stereocenters. The first kappa shape index (κ1) is 11.9. The van der Waals surface area contributed by atoms with Crippen molar-refractivity contribution in [2.24, 2.45) is 0 Å². The Balaban J connectivity index is 1.97. The van der Waals surface area contributed by atoms with Crippen LogP contribution in [0, 0.1) is 6.92 Å². The molecule has 1 saturated carbocycles. The summed E-state index contributed by atoms with van der Waals surface area (Å²) in [5.41, 5.74) is 3.58. The molecule has 1 aromatic heterocycles. The summed E-state index contributed by atoms with van der Waals surface area (Å²) in [6.07, 6.45) is 2.61. The number of nitrogens with one attached hydrogen (secondary N) is 2. The third kappa shape index (κ3) is 2.08. The van der Waals surface area contributed by atoms with Gasteiger partial charge >= 0.3 is 0 Å². The fraction of sp³-hybridized carbons (Fsp3) is 0.429. The molecule has 96 valence electrons. The number of hydrogen-bond acceptors (Lipinski definition) is 2. The number of aromatic nitrogens is 1. The maximum Gasteiger partial charge on any atom is 0.138 e. The molecular weight excluding hydrogens is 248 g/mol. The van der Waals surface area contributed by atoms with Gasteiger partial charge in [-0.15, -0.1) is 0 Å². The summed E-state index contributed by atoms with van der Waals surface area (Å²) in [5.74, 6) is 0.730. The minimum absolute atomic E-state index is 0.646. The Labute approximate surface area is 111 Å². The van der Waals surface area contributed by atoms with Crippen LogP contribution >= 0.6 is 11.6 Å². The molecule has 1 aliphatic rings. The summed E-state index contributed by atoms with van der Waals surface area (Å²) in [4.78, 5) is 3.44. The van der Waals surface area contributed by atoms with Crippen molar-refractivity contribution >= 4 is 22.5 Å². The van der Waals surface area contributed by atoms with Crippen molar-refractivity contribution in [3.05, 3.63) is 28.4 Å². The monoisotopic (exact) mass is 264 g/mol. The molecule has 3 rings (SSSR count). The van der Waals surface area contributed by atoms with Gasteiger partial charge in [0.15, 0.2) is 0 Å². The van der Waals surface area contributed by atoms with Crippen LogP contribution in [-0.2, 0) is 6.54 Å². The molecule has 1 aliphatic carbocycles. The van der Waals surface area contributed by atoms with Crippen LogP contribution in [0.2, 0.25) is 5.02 Å². The van der Waals surface area contributed by atoms with E-state index in [1.54, 1.807) is 7.11 Å². The van der Waals surface area contributed by atoms with Gasteiger partial charge < -0.3 is 15.0 Å². The van der Waals surface area contributed by atoms with Crippen LogP contribution < -0.4 is 10.1 Å². The van der Waals surface area contributed by atoms with Crippen molar-refractivity contribution in [2.45, 2.75) is 32.4 Å². The molecule has 0 aliphatic heterocycles. The van der Waals surface area contributed by atoms with Gasteiger partial charge in [-0.05, 0) is 37.5 Å². The van der Waals surface area contributed by atoms with E-state index >= 15 is 0 Å². The lowest BCUT2D eigenvalue weighted by Gasteiger charge is -2.03. The lowest BCUT2D eigenvalue weighted by atomic mass is 10.1. The number of hydrogen-bond donors (Lipinski definition) is 2. The minimum atomic E-state index is 0.646. The zero-order valence-corrected chi connectivity index (χ0v) is 11.4. The molecule has 2 aromatic rings. The van der Waals surface area contributed by atoms with Crippen LogP contribution in [-0.4, -0.2) is 18.1 Å². The van der Waals surface area contributed by atoms with Gasteiger partial charge in [-0.2, -0.15) is 0 Å². The molecule has 3 nitrogen and oxygen atoms in total. The zero-order valence-electron chi connectivity index (χ0n) is 10.6. The van der Waals surface area contributed by atoms with Gasteiger partial charge in [0, 0.05) is 29.2 Å². The minimum Gasteiger partial charge on any atom is -0.495 e. The highest BCUT2D eigenvalue weighted by Crippen LogP contribution is 2.32. The molecule has 1 fully saturated rings. The smallest absolute Gasteiger partial charge is 0.138 e. The zero-order chi connectivity index (χ0) is 12.7. The molecular formula is C14H17ClN2O. The van der Waals surface area contributed by atoms with Gasteiger partial charge in [-0.3, -0.25) is 0 Å². The largest absolute Gasteiger partial charge is 0.495 e. The average molecular weight is 265 g/mol. The number of ether oxygens (including phenoxy) is 1. The Kier molecular flexibility index (Phi) is 2.96. The summed E-state index contributed by atoms with van der Waals surface area (Å²) in [5, 5.41) is 5.35. The van der Waals surface area contributed by atoms with E-state index < -0.39 is 0 Å². The highest BCUT2D eigenvalue weighted by Gasteiger charge is 2.21. The third-order valence-corrected chi connectivity index (χ3v) is 3.87. The number of benzene rings is 1. The van der Waals surface area contributed by atoms with E-state index in [2.05, 4.69) is 17.2 Å². The number of rotatable bonds is 4. The van der Waals surface area contributed by atoms with Crippen molar-refractivity contribution in [3.63, 3.8) is 0 Å². The van der Waals surface area contributed by atoms with Gasteiger partial charge in [0.1, 0.15) is 5.75 Å². The standard InChI is InChI=1S/C14H17ClN2O/c1-8-10-5-14(18-2)11(15)6-12(10)17-13(8)7-16-9-3-4-9/h5-6,9,16-17H,3-4,7H2,1-2H3. The Morgan fingerprint density at radius 3 is 2.89 bits per heavy atom. The van der Waals surface area contributed by atoms with Crippen LogP contribution in [0.15, 0.2) is 12.1 Å². The average Bonchev–Trinajstić information content (AvgIpc) is 3.13. The Bertz CT molecular complexity index is 587. The van der Waals surface area contributed by atoms with Crippen molar-refractivity contribution in [3.8, 4) is 5.75 Å². The van der Waals surface area contributed by atoms with E-state index in [0.717, 1.165) is 17.8 Å². The van der Waals surface area contributed by atoms with Crippen molar-refractivity contribution in [2.75, 3.05) is 7.11 Å². The maximum atomic E-state index is 6.14. The molecule has 1 heterocycles. The summed E-state index contributed by atoms with van der Waals surface area (Å²) in [6, 6.07) is 4.65. The van der Waals surface area contributed by atoms with Gasteiger partial charge in [-0.1, -0.05) is 11.6 Å². The van der Waals surface area contributed by atoms with E-state index in [0.29, 0.717) is 11.1 Å². The van der Waals surface area contributed by atoms with Gasteiger partial charge in [-0.25, -0.2) is 0 Å². The van der Waals surface area contributed by atoms with Crippen LogP contribution in [0.1, 0.15) is 24.1 Å². The highest BCUT2D eigenvalue weighted by atomic mass is 35.5. The number of fused-ring (bicyclic) bond motifs is 1. The second kappa shape index (κ2) is 4.48. The lowest BCUT2D eigenvalue weighted by molar-refractivity contribution is 0.415. The summed E-state index contributed by atoms with van der Waals surface area (Å²) in [6.45, 7) is 3.03. The fourth-order valence-electron chi connectivity index (χ4n) is 2.25. The summed E-state index contributed by atoms with van der Waals surface area (Å²) < 4.78 is 5.26. The predicted octanol–water partition coefficient (Wildman–Crippen LogP) is 3.39. The van der Waals surface area contributed by atoms with E-state index in [9.17, 15) is 0 Å². The Morgan fingerprint density at radius 1 is 1.44 bits per heavy atom. The molecule has 0 amide bonds. The Hall–Kier alpha value is -1.19. The normalized spacial score (nSPS) is 15.3. The van der Waals surface area contributed by atoms with Gasteiger partial charge in [0.25, 0.3) is 0 Å². The van der Waals surface area contributed by atoms with Crippen LogP contribution in [0.3, 0.4) is 0 Å². The van der Waals surface area contributed by atoms with Crippen molar-refractivity contribution in [1.82, 2.24) is 10.3 Å². The second-order valence-electron chi connectivity index (χ2n) is 4.92. The predicted molar refractivity (Wildman–Crippen MR) is 74.5 cm³/mol. The van der Waals surface area contributed by atoms with Gasteiger partial charge in [0.05, 0.1) is 12.1 Å². The maximum absolute atomic E-state index is 6.14. The molecule has 4 heteroatoms. The van der Waals surface area contributed by atoms with Crippen molar-refractivity contribution in [1.29, 1.82) is 0 Å². The molecule has 0 spiro atoms. The topological polar surface area (TPSA) is 37.0 Å². The van der Waals surface area contributed by atoms with E-state index in [1.165, 1.54) is 29.5 Å². The van der Waals surface area contributed by atoms with E-state index in [1.807, 2.05) is 12.1 Å². The molecule has 0 saturated heterocycles. The van der Waals surface area contributed by atoms with Crippen molar-refractivity contribution < 1.29 is 4.74 Å². The van der Waals surface area contributed by atoms with E-state index in [-0.39, 0.29) is 0 Å². The highest BCUT2D eigenvalue weighted by molar-refractivity contribution is 6.32. The van der Waals surface area contributed by atoms with Crippen LogP contribution in [0.25, 0.3) is 10.9 Å². The molecule has 1 aromatic carbocycles. The molecule has 18 heavy (non-hydrogen) atoms. The molecule has 2 N–H and O–H groups in total. The first-order valence-corrected chi connectivity index (χ1v) is 6.65. The molecule has 0 bridgehead atoms. The van der Waals surface area contributed by atoms with Gasteiger partial charge in [0.2, 0.25) is 0 Å². The second-order valence-corrected chi connectivity index (χ2v) is 5.32. The molecule has 0 radical (unpaired) electrons. The first-order valence-electron chi connectivity index (χ1n) is 6.27. The van der Waals surface area contributed by atoms with Crippen LogP contribution in [0.5, 0.6) is 5.75 Å². The fourth-order valence-corrected chi connectivity index (χ4v) is 2.49. The summed E-state index contributed by atoms with van der Waals surface area (Å²) in [7, 11) is 1.64. The number of aryl methyl sites for hydroxylation is 1. The quantitative estimate of drug-likeness (QED) is 0.888. The van der Waals surface area contributed by atoms with Crippen LogP contribution in [0.4, 0.5) is 0 Å². The SMILES string of the molecule is COc1cc2c(C)c(CNC3CC3)[nH]c2cc1Cl. The first-order chi connectivity index (χ1) is 8.69. The number of aromatic amines is 1.